The highest BCUT2D eigenvalue weighted by Crippen LogP contribution is 2.24. The molecule has 31 heavy (non-hydrogen) atoms. The van der Waals surface area contributed by atoms with Crippen LogP contribution in [-0.2, 0) is 14.8 Å². The van der Waals surface area contributed by atoms with Crippen LogP contribution in [0.3, 0.4) is 0 Å². The summed E-state index contributed by atoms with van der Waals surface area (Å²) in [6.45, 7) is 3.44. The van der Waals surface area contributed by atoms with E-state index in [-0.39, 0.29) is 17.5 Å². The first-order valence-electron chi connectivity index (χ1n) is 9.89. The quantitative estimate of drug-likeness (QED) is 0.575. The Kier molecular flexibility index (Phi) is 6.97. The van der Waals surface area contributed by atoms with Gasteiger partial charge in [-0.1, -0.05) is 48.0 Å². The topological polar surface area (TPSA) is 75.7 Å². The van der Waals surface area contributed by atoms with Gasteiger partial charge in [0.05, 0.1) is 23.7 Å². The Labute approximate surface area is 183 Å². The number of aryl methyl sites for hydroxylation is 1. The fourth-order valence-corrected chi connectivity index (χ4v) is 4.58. The SMILES string of the molecule is COc1ccc(C(C)NC(=O)CN(c2ccc(C)cc2)S(=O)(=O)c2ccccc2)cc1. The van der Waals surface area contributed by atoms with Crippen LogP contribution in [0.5, 0.6) is 5.75 Å². The van der Waals surface area contributed by atoms with Crippen molar-refractivity contribution in [2.45, 2.75) is 24.8 Å². The molecule has 0 saturated carbocycles. The maximum atomic E-state index is 13.3. The number of carbonyl (C=O) groups excluding carboxylic acids is 1. The summed E-state index contributed by atoms with van der Waals surface area (Å²) in [6, 6.07) is 22.2. The number of methoxy groups -OCH3 is 1. The van der Waals surface area contributed by atoms with Gasteiger partial charge in [-0.2, -0.15) is 0 Å². The zero-order chi connectivity index (χ0) is 22.4. The second kappa shape index (κ2) is 9.66. The molecule has 162 valence electrons. The van der Waals surface area contributed by atoms with E-state index in [9.17, 15) is 13.2 Å². The minimum atomic E-state index is -3.92. The number of anilines is 1. The molecule has 0 aromatic heterocycles. The minimum absolute atomic E-state index is 0.131. The van der Waals surface area contributed by atoms with Crippen LogP contribution in [0.25, 0.3) is 0 Å². The fourth-order valence-electron chi connectivity index (χ4n) is 3.14. The van der Waals surface area contributed by atoms with E-state index in [1.54, 1.807) is 37.4 Å². The van der Waals surface area contributed by atoms with Gasteiger partial charge >= 0.3 is 0 Å². The lowest BCUT2D eigenvalue weighted by atomic mass is 10.1. The number of benzene rings is 3. The van der Waals surface area contributed by atoms with Crippen LogP contribution in [0.4, 0.5) is 5.69 Å². The number of carbonyl (C=O) groups is 1. The van der Waals surface area contributed by atoms with Gasteiger partial charge in [-0.15, -0.1) is 0 Å². The lowest BCUT2D eigenvalue weighted by Crippen LogP contribution is -2.41. The molecule has 3 aromatic carbocycles. The molecule has 0 aliphatic rings. The largest absolute Gasteiger partial charge is 0.497 e. The number of hydrogen-bond donors (Lipinski definition) is 1. The lowest BCUT2D eigenvalue weighted by Gasteiger charge is -2.25. The van der Waals surface area contributed by atoms with Crippen molar-refractivity contribution in [1.29, 1.82) is 0 Å². The summed E-state index contributed by atoms with van der Waals surface area (Å²) in [5.74, 6) is 0.324. The molecule has 1 N–H and O–H groups in total. The molecule has 3 rings (SSSR count). The number of ether oxygens (including phenoxy) is 1. The molecule has 3 aromatic rings. The van der Waals surface area contributed by atoms with Crippen LogP contribution in [0.2, 0.25) is 0 Å². The van der Waals surface area contributed by atoms with Crippen molar-refractivity contribution in [3.63, 3.8) is 0 Å². The molecule has 7 heteroatoms. The molecule has 0 spiro atoms. The first-order valence-corrected chi connectivity index (χ1v) is 11.3. The van der Waals surface area contributed by atoms with Crippen molar-refractivity contribution in [2.24, 2.45) is 0 Å². The van der Waals surface area contributed by atoms with Gasteiger partial charge < -0.3 is 10.1 Å². The van der Waals surface area contributed by atoms with Crippen molar-refractivity contribution in [2.75, 3.05) is 18.0 Å². The Bertz CT molecular complexity index is 1110. The van der Waals surface area contributed by atoms with Gasteiger partial charge in [0, 0.05) is 0 Å². The number of hydrogen-bond acceptors (Lipinski definition) is 4. The number of amides is 1. The zero-order valence-corrected chi connectivity index (χ0v) is 18.6. The second-order valence-electron chi connectivity index (χ2n) is 7.22. The molecule has 0 saturated heterocycles. The highest BCUT2D eigenvalue weighted by Gasteiger charge is 2.27. The summed E-state index contributed by atoms with van der Waals surface area (Å²) in [7, 11) is -2.33. The van der Waals surface area contributed by atoms with Gasteiger partial charge in [0.2, 0.25) is 5.91 Å². The van der Waals surface area contributed by atoms with Gasteiger partial charge in [-0.05, 0) is 55.8 Å². The average Bonchev–Trinajstić information content (AvgIpc) is 2.78. The van der Waals surface area contributed by atoms with Gasteiger partial charge in [0.15, 0.2) is 0 Å². The molecule has 1 amide bonds. The summed E-state index contributed by atoms with van der Waals surface area (Å²) in [4.78, 5) is 13.0. The molecule has 0 aliphatic heterocycles. The van der Waals surface area contributed by atoms with E-state index < -0.39 is 15.9 Å². The first-order chi connectivity index (χ1) is 14.8. The van der Waals surface area contributed by atoms with Crippen LogP contribution in [0.1, 0.15) is 24.1 Å². The maximum absolute atomic E-state index is 13.3. The molecular weight excluding hydrogens is 412 g/mol. The van der Waals surface area contributed by atoms with E-state index in [0.29, 0.717) is 5.69 Å². The number of rotatable bonds is 8. The summed E-state index contributed by atoms with van der Waals surface area (Å²) in [5, 5.41) is 2.88. The molecule has 0 aliphatic carbocycles. The molecule has 6 nitrogen and oxygen atoms in total. The van der Waals surface area contributed by atoms with Crippen molar-refractivity contribution in [1.82, 2.24) is 5.32 Å². The van der Waals surface area contributed by atoms with Crippen molar-refractivity contribution in [3.8, 4) is 5.75 Å². The molecular formula is C24H26N2O4S. The molecule has 0 radical (unpaired) electrons. The Hall–Kier alpha value is -3.32. The molecule has 1 unspecified atom stereocenters. The first kappa shape index (κ1) is 22.4. The van der Waals surface area contributed by atoms with Gasteiger partial charge in [0.25, 0.3) is 10.0 Å². The van der Waals surface area contributed by atoms with Crippen molar-refractivity contribution < 1.29 is 17.9 Å². The van der Waals surface area contributed by atoms with E-state index in [1.807, 2.05) is 50.2 Å². The Morgan fingerprint density at radius 2 is 1.58 bits per heavy atom. The third-order valence-corrected chi connectivity index (χ3v) is 6.72. The third-order valence-electron chi connectivity index (χ3n) is 4.93. The predicted molar refractivity (Wildman–Crippen MR) is 122 cm³/mol. The number of nitrogens with one attached hydrogen (secondary N) is 1. The van der Waals surface area contributed by atoms with E-state index in [1.165, 1.54) is 12.1 Å². The summed E-state index contributed by atoms with van der Waals surface area (Å²) in [5.41, 5.74) is 2.32. The summed E-state index contributed by atoms with van der Waals surface area (Å²) in [6.07, 6.45) is 0. The smallest absolute Gasteiger partial charge is 0.264 e. The van der Waals surface area contributed by atoms with Crippen LogP contribution in [0, 0.1) is 6.92 Å². The Morgan fingerprint density at radius 1 is 0.968 bits per heavy atom. The van der Waals surface area contributed by atoms with E-state index in [2.05, 4.69) is 5.32 Å². The average molecular weight is 439 g/mol. The fraction of sp³-hybridized carbons (Fsp3) is 0.208. The standard InChI is InChI=1S/C24H26N2O4S/c1-18-9-13-21(14-10-18)26(31(28,29)23-7-5-4-6-8-23)17-24(27)25-19(2)20-11-15-22(30-3)16-12-20/h4-16,19H,17H2,1-3H3,(H,25,27). The molecule has 0 fully saturated rings. The monoisotopic (exact) mass is 438 g/mol. The van der Waals surface area contributed by atoms with Gasteiger partial charge in [-0.3, -0.25) is 9.10 Å². The maximum Gasteiger partial charge on any atom is 0.264 e. The van der Waals surface area contributed by atoms with E-state index >= 15 is 0 Å². The predicted octanol–water partition coefficient (Wildman–Crippen LogP) is 4.08. The Morgan fingerprint density at radius 3 is 2.16 bits per heavy atom. The highest BCUT2D eigenvalue weighted by molar-refractivity contribution is 7.92. The van der Waals surface area contributed by atoms with Crippen molar-refractivity contribution in [3.05, 3.63) is 90.0 Å². The summed E-state index contributed by atoms with van der Waals surface area (Å²) >= 11 is 0. The van der Waals surface area contributed by atoms with Crippen molar-refractivity contribution >= 4 is 21.6 Å². The van der Waals surface area contributed by atoms with Crippen LogP contribution < -0.4 is 14.4 Å². The van der Waals surface area contributed by atoms with E-state index in [0.717, 1.165) is 21.2 Å². The van der Waals surface area contributed by atoms with Crippen LogP contribution in [0.15, 0.2) is 83.8 Å². The number of sulfonamides is 1. The molecule has 0 bridgehead atoms. The third kappa shape index (κ3) is 5.44. The van der Waals surface area contributed by atoms with Crippen LogP contribution in [-0.4, -0.2) is 28.0 Å². The number of nitrogens with zero attached hydrogens (tertiary/aromatic N) is 1. The van der Waals surface area contributed by atoms with E-state index in [4.69, 9.17) is 4.74 Å². The Balaban J connectivity index is 1.84. The normalized spacial score (nSPS) is 12.1. The lowest BCUT2D eigenvalue weighted by molar-refractivity contribution is -0.120. The molecule has 1 atom stereocenters. The molecule has 0 heterocycles. The van der Waals surface area contributed by atoms with Gasteiger partial charge in [0.1, 0.15) is 12.3 Å². The zero-order valence-electron chi connectivity index (χ0n) is 17.8. The summed E-state index contributed by atoms with van der Waals surface area (Å²) < 4.78 is 32.9. The van der Waals surface area contributed by atoms with Crippen LogP contribution >= 0.6 is 0 Å². The minimum Gasteiger partial charge on any atom is -0.497 e. The highest BCUT2D eigenvalue weighted by atomic mass is 32.2. The van der Waals surface area contributed by atoms with Gasteiger partial charge in [-0.25, -0.2) is 8.42 Å². The second-order valence-corrected chi connectivity index (χ2v) is 9.08.